The van der Waals surface area contributed by atoms with Crippen molar-refractivity contribution in [3.8, 4) is 0 Å². The van der Waals surface area contributed by atoms with Gasteiger partial charge in [-0.2, -0.15) is 0 Å². The summed E-state index contributed by atoms with van der Waals surface area (Å²) >= 11 is 0. The van der Waals surface area contributed by atoms with E-state index < -0.39 is 0 Å². The van der Waals surface area contributed by atoms with Gasteiger partial charge in [0.05, 0.1) is 12.7 Å². The van der Waals surface area contributed by atoms with Crippen LogP contribution in [0.25, 0.3) is 12.2 Å². The third-order valence-electron chi connectivity index (χ3n) is 3.43. The summed E-state index contributed by atoms with van der Waals surface area (Å²) in [6.45, 7) is 0. The second-order valence-electron chi connectivity index (χ2n) is 5.32. The topological polar surface area (TPSA) is 29.5 Å². The molecule has 0 unspecified atom stereocenters. The lowest BCUT2D eigenvalue weighted by molar-refractivity contribution is 0.0600. The number of carbonyl (C=O) groups is 1. The van der Waals surface area contributed by atoms with Gasteiger partial charge in [-0.05, 0) is 35.4 Å². The van der Waals surface area contributed by atoms with Crippen molar-refractivity contribution >= 4 is 23.8 Å². The largest absolute Gasteiger partial charge is 0.465 e. The Morgan fingerprint density at radius 2 is 1.35 bits per heavy atom. The summed E-state index contributed by atoms with van der Waals surface area (Å²) in [5.74, 6) is -0.318. The van der Waals surface area contributed by atoms with Gasteiger partial charge in [0.15, 0.2) is 0 Å². The molecule has 0 saturated heterocycles. The third kappa shape index (κ3) is 4.85. The Morgan fingerprint density at radius 1 is 0.870 bits per heavy atom. The average Bonchev–Trinajstić information content (AvgIpc) is 2.59. The Hall–Kier alpha value is -2.81. The molecular formula is C20H21NO2. The summed E-state index contributed by atoms with van der Waals surface area (Å²) in [5, 5.41) is 0. The van der Waals surface area contributed by atoms with Crippen molar-refractivity contribution in [1.29, 1.82) is 0 Å². The van der Waals surface area contributed by atoms with Crippen molar-refractivity contribution in [2.75, 3.05) is 26.1 Å². The lowest BCUT2D eigenvalue weighted by Crippen LogP contribution is -2.07. The van der Waals surface area contributed by atoms with E-state index in [9.17, 15) is 4.79 Å². The first-order chi connectivity index (χ1) is 11.1. The maximum Gasteiger partial charge on any atom is 0.337 e. The molecular weight excluding hydrogens is 286 g/mol. The van der Waals surface area contributed by atoms with Crippen molar-refractivity contribution in [1.82, 2.24) is 0 Å². The number of anilines is 1. The third-order valence-corrected chi connectivity index (χ3v) is 3.43. The van der Waals surface area contributed by atoms with Crippen LogP contribution in [0.5, 0.6) is 0 Å². The Balaban J connectivity index is 1.96. The lowest BCUT2D eigenvalue weighted by Gasteiger charge is -2.11. The maximum atomic E-state index is 11.4. The second-order valence-corrected chi connectivity index (χ2v) is 5.32. The predicted molar refractivity (Wildman–Crippen MR) is 96.6 cm³/mol. The van der Waals surface area contributed by atoms with Crippen molar-refractivity contribution < 1.29 is 9.53 Å². The molecule has 118 valence electrons. The van der Waals surface area contributed by atoms with Gasteiger partial charge in [0.25, 0.3) is 0 Å². The Bertz CT molecular complexity index is 695. The fraction of sp³-hybridized carbons (Fsp3) is 0.150. The molecule has 3 nitrogen and oxygen atoms in total. The molecule has 0 atom stereocenters. The van der Waals surface area contributed by atoms with Crippen molar-refractivity contribution in [2.24, 2.45) is 0 Å². The molecule has 0 heterocycles. The lowest BCUT2D eigenvalue weighted by atomic mass is 10.1. The number of carbonyl (C=O) groups excluding carboxylic acids is 1. The van der Waals surface area contributed by atoms with E-state index in [1.54, 1.807) is 12.1 Å². The molecule has 2 rings (SSSR count). The van der Waals surface area contributed by atoms with Gasteiger partial charge >= 0.3 is 5.97 Å². The van der Waals surface area contributed by atoms with Gasteiger partial charge in [-0.15, -0.1) is 0 Å². The SMILES string of the molecule is COC(=O)c1ccc(/C=C/C=C/c2ccc(N(C)C)cc2)cc1. The minimum absolute atomic E-state index is 0.318. The highest BCUT2D eigenvalue weighted by Crippen LogP contribution is 2.13. The first-order valence-electron chi connectivity index (χ1n) is 7.40. The molecule has 0 fully saturated rings. The minimum atomic E-state index is -0.318. The van der Waals surface area contributed by atoms with E-state index in [0.29, 0.717) is 5.56 Å². The van der Waals surface area contributed by atoms with Crippen molar-refractivity contribution in [2.45, 2.75) is 0 Å². The van der Waals surface area contributed by atoms with Crippen molar-refractivity contribution in [3.05, 3.63) is 77.4 Å². The van der Waals surface area contributed by atoms with Crippen LogP contribution in [0.3, 0.4) is 0 Å². The van der Waals surface area contributed by atoms with Gasteiger partial charge in [-0.1, -0.05) is 48.6 Å². The number of rotatable bonds is 5. The number of nitrogens with zero attached hydrogens (tertiary/aromatic N) is 1. The number of ether oxygens (including phenoxy) is 1. The van der Waals surface area contributed by atoms with Crippen LogP contribution in [0.2, 0.25) is 0 Å². The molecule has 3 heteroatoms. The van der Waals surface area contributed by atoms with E-state index in [1.165, 1.54) is 12.8 Å². The number of esters is 1. The van der Waals surface area contributed by atoms with E-state index >= 15 is 0 Å². The average molecular weight is 307 g/mol. The highest BCUT2D eigenvalue weighted by atomic mass is 16.5. The molecule has 2 aromatic carbocycles. The van der Waals surface area contributed by atoms with Crippen LogP contribution < -0.4 is 4.90 Å². The zero-order chi connectivity index (χ0) is 16.7. The first kappa shape index (κ1) is 16.6. The zero-order valence-electron chi connectivity index (χ0n) is 13.7. The molecule has 0 radical (unpaired) electrons. The van der Waals surface area contributed by atoms with Crippen LogP contribution in [-0.2, 0) is 4.74 Å². The maximum absolute atomic E-state index is 11.4. The van der Waals surface area contributed by atoms with Crippen LogP contribution in [0.1, 0.15) is 21.5 Å². The summed E-state index contributed by atoms with van der Waals surface area (Å²) in [4.78, 5) is 13.4. The molecule has 0 N–H and O–H groups in total. The fourth-order valence-corrected chi connectivity index (χ4v) is 2.07. The fourth-order valence-electron chi connectivity index (χ4n) is 2.07. The summed E-state index contributed by atoms with van der Waals surface area (Å²) in [6.07, 6.45) is 8.02. The molecule has 0 aromatic heterocycles. The van der Waals surface area contributed by atoms with Gasteiger partial charge in [0.1, 0.15) is 0 Å². The van der Waals surface area contributed by atoms with Gasteiger partial charge in [-0.3, -0.25) is 0 Å². The van der Waals surface area contributed by atoms with E-state index in [0.717, 1.165) is 11.1 Å². The number of methoxy groups -OCH3 is 1. The van der Waals surface area contributed by atoms with Gasteiger partial charge < -0.3 is 9.64 Å². The van der Waals surface area contributed by atoms with Crippen LogP contribution in [-0.4, -0.2) is 27.2 Å². The summed E-state index contributed by atoms with van der Waals surface area (Å²) in [5.41, 5.74) is 3.93. The predicted octanol–water partition coefficient (Wildman–Crippen LogP) is 4.27. The highest BCUT2D eigenvalue weighted by molar-refractivity contribution is 5.89. The van der Waals surface area contributed by atoms with E-state index in [2.05, 4.69) is 40.0 Å². The number of benzene rings is 2. The molecule has 0 aliphatic rings. The second kappa shape index (κ2) is 7.99. The summed E-state index contributed by atoms with van der Waals surface area (Å²) < 4.78 is 4.68. The van der Waals surface area contributed by atoms with E-state index in [1.807, 2.05) is 44.5 Å². The Morgan fingerprint density at radius 3 is 1.78 bits per heavy atom. The van der Waals surface area contributed by atoms with Crippen LogP contribution in [0.15, 0.2) is 60.7 Å². The minimum Gasteiger partial charge on any atom is -0.465 e. The van der Waals surface area contributed by atoms with Crippen LogP contribution in [0.4, 0.5) is 5.69 Å². The first-order valence-corrected chi connectivity index (χ1v) is 7.40. The molecule has 0 aliphatic heterocycles. The molecule has 0 amide bonds. The summed E-state index contributed by atoms with van der Waals surface area (Å²) in [6, 6.07) is 15.7. The quantitative estimate of drug-likeness (QED) is 0.610. The normalized spacial score (nSPS) is 11.1. The number of allylic oxidation sites excluding steroid dienone is 2. The van der Waals surface area contributed by atoms with Gasteiger partial charge in [-0.25, -0.2) is 4.79 Å². The number of hydrogen-bond acceptors (Lipinski definition) is 3. The Kier molecular flexibility index (Phi) is 5.75. The highest BCUT2D eigenvalue weighted by Gasteiger charge is 2.02. The molecule has 0 aliphatic carbocycles. The van der Waals surface area contributed by atoms with Gasteiger partial charge in [0.2, 0.25) is 0 Å². The molecule has 0 bridgehead atoms. The van der Waals surface area contributed by atoms with E-state index in [4.69, 9.17) is 0 Å². The molecule has 2 aromatic rings. The molecule has 23 heavy (non-hydrogen) atoms. The van der Waals surface area contributed by atoms with E-state index in [-0.39, 0.29) is 5.97 Å². The van der Waals surface area contributed by atoms with Crippen LogP contribution in [0, 0.1) is 0 Å². The van der Waals surface area contributed by atoms with Crippen LogP contribution >= 0.6 is 0 Å². The summed E-state index contributed by atoms with van der Waals surface area (Å²) in [7, 11) is 5.43. The monoisotopic (exact) mass is 307 g/mol. The smallest absolute Gasteiger partial charge is 0.337 e. The van der Waals surface area contributed by atoms with Crippen molar-refractivity contribution in [3.63, 3.8) is 0 Å². The molecule has 0 spiro atoms. The Labute approximate surface area is 137 Å². The van der Waals surface area contributed by atoms with Gasteiger partial charge in [0, 0.05) is 19.8 Å². The standard InChI is InChI=1S/C20H21NO2/c1-21(2)19-14-10-17(11-15-19)7-5-4-6-16-8-12-18(13-9-16)20(22)23-3/h4-15H,1-3H3/b6-4+,7-5+. The number of hydrogen-bond donors (Lipinski definition) is 0. The zero-order valence-corrected chi connectivity index (χ0v) is 13.7. The molecule has 0 saturated carbocycles.